The highest BCUT2D eigenvalue weighted by Gasteiger charge is 2.31. The Labute approximate surface area is 185 Å². The van der Waals surface area contributed by atoms with Crippen molar-refractivity contribution < 1.29 is 14.3 Å². The summed E-state index contributed by atoms with van der Waals surface area (Å²) in [6.07, 6.45) is 6.41. The molecule has 0 radical (unpaired) electrons. The molecule has 1 saturated carbocycles. The van der Waals surface area contributed by atoms with Crippen LogP contribution in [-0.4, -0.2) is 35.9 Å². The van der Waals surface area contributed by atoms with E-state index >= 15 is 0 Å². The van der Waals surface area contributed by atoms with Gasteiger partial charge in [0.15, 0.2) is 0 Å². The van der Waals surface area contributed by atoms with Crippen molar-refractivity contribution in [2.75, 3.05) is 7.11 Å². The Balaban J connectivity index is 1.87. The zero-order chi connectivity index (χ0) is 22.1. The summed E-state index contributed by atoms with van der Waals surface area (Å²) in [6.45, 7) is 2.22. The van der Waals surface area contributed by atoms with Crippen molar-refractivity contribution >= 4 is 11.8 Å². The molecule has 2 aromatic rings. The SMILES string of the molecule is CCC(=O)N(Cc1cccc(OC)c1)[C@@H](Cc1ccccc1)C(=O)NC1CCCCC1. The zero-order valence-electron chi connectivity index (χ0n) is 18.7. The number of benzene rings is 2. The van der Waals surface area contributed by atoms with Crippen LogP contribution in [0.5, 0.6) is 5.75 Å². The van der Waals surface area contributed by atoms with Gasteiger partial charge in [-0.1, -0.05) is 68.7 Å². The second kappa shape index (κ2) is 11.5. The van der Waals surface area contributed by atoms with Gasteiger partial charge >= 0.3 is 0 Å². The summed E-state index contributed by atoms with van der Waals surface area (Å²) in [5.41, 5.74) is 2.00. The lowest BCUT2D eigenvalue weighted by atomic mass is 9.94. The molecule has 0 bridgehead atoms. The standard InChI is InChI=1S/C26H34N2O3/c1-3-25(29)28(19-21-13-10-16-23(17-21)31-2)24(18-20-11-6-4-7-12-20)26(30)27-22-14-8-5-9-15-22/h4,6-7,10-13,16-17,22,24H,3,5,8-9,14-15,18-19H2,1-2H3,(H,27,30)/t24-/m0/s1. The Hall–Kier alpha value is -2.82. The molecule has 0 heterocycles. The van der Waals surface area contributed by atoms with Gasteiger partial charge in [-0.3, -0.25) is 9.59 Å². The van der Waals surface area contributed by atoms with E-state index in [1.807, 2.05) is 61.5 Å². The van der Waals surface area contributed by atoms with E-state index in [-0.39, 0.29) is 17.9 Å². The van der Waals surface area contributed by atoms with Crippen molar-refractivity contribution in [3.05, 3.63) is 65.7 Å². The monoisotopic (exact) mass is 422 g/mol. The predicted octanol–water partition coefficient (Wildman–Crippen LogP) is 4.49. The van der Waals surface area contributed by atoms with Crippen molar-refractivity contribution in [1.29, 1.82) is 0 Å². The third-order valence-electron chi connectivity index (χ3n) is 6.01. The Morgan fingerprint density at radius 3 is 2.42 bits per heavy atom. The van der Waals surface area contributed by atoms with Crippen LogP contribution in [-0.2, 0) is 22.6 Å². The first-order valence-electron chi connectivity index (χ1n) is 11.4. The summed E-state index contributed by atoms with van der Waals surface area (Å²) in [4.78, 5) is 28.2. The van der Waals surface area contributed by atoms with E-state index in [4.69, 9.17) is 4.74 Å². The van der Waals surface area contributed by atoms with Crippen LogP contribution in [0.25, 0.3) is 0 Å². The molecule has 0 aromatic heterocycles. The largest absolute Gasteiger partial charge is 0.497 e. The van der Waals surface area contributed by atoms with Gasteiger partial charge in [-0.15, -0.1) is 0 Å². The van der Waals surface area contributed by atoms with E-state index in [0.29, 0.717) is 19.4 Å². The molecular weight excluding hydrogens is 388 g/mol. The van der Waals surface area contributed by atoms with E-state index in [0.717, 1.165) is 42.6 Å². The summed E-state index contributed by atoms with van der Waals surface area (Å²) in [6, 6.07) is 17.3. The average molecular weight is 423 g/mol. The fraction of sp³-hybridized carbons (Fsp3) is 0.462. The Kier molecular flexibility index (Phi) is 8.51. The molecule has 31 heavy (non-hydrogen) atoms. The van der Waals surface area contributed by atoms with Gasteiger partial charge < -0.3 is 15.0 Å². The Morgan fingerprint density at radius 1 is 1.03 bits per heavy atom. The van der Waals surface area contributed by atoms with Gasteiger partial charge in [0.2, 0.25) is 11.8 Å². The normalized spacial score (nSPS) is 15.2. The number of methoxy groups -OCH3 is 1. The van der Waals surface area contributed by atoms with Crippen molar-refractivity contribution in [3.63, 3.8) is 0 Å². The molecule has 1 atom stereocenters. The number of ether oxygens (including phenoxy) is 1. The molecule has 1 aliphatic rings. The third-order valence-corrected chi connectivity index (χ3v) is 6.01. The minimum atomic E-state index is -0.553. The minimum absolute atomic E-state index is 0.0254. The van der Waals surface area contributed by atoms with Crippen LogP contribution in [0, 0.1) is 0 Å². The molecule has 2 aromatic carbocycles. The Morgan fingerprint density at radius 2 is 1.74 bits per heavy atom. The van der Waals surface area contributed by atoms with Crippen LogP contribution in [0.4, 0.5) is 0 Å². The van der Waals surface area contributed by atoms with Crippen molar-refractivity contribution in [2.24, 2.45) is 0 Å². The molecule has 1 aliphatic carbocycles. The van der Waals surface area contributed by atoms with E-state index in [1.165, 1.54) is 6.42 Å². The first-order valence-corrected chi connectivity index (χ1v) is 11.4. The smallest absolute Gasteiger partial charge is 0.243 e. The molecular formula is C26H34N2O3. The molecule has 3 rings (SSSR count). The van der Waals surface area contributed by atoms with Gasteiger partial charge in [-0.2, -0.15) is 0 Å². The zero-order valence-corrected chi connectivity index (χ0v) is 18.7. The van der Waals surface area contributed by atoms with Gasteiger partial charge in [0.1, 0.15) is 11.8 Å². The molecule has 0 spiro atoms. The summed E-state index contributed by atoms with van der Waals surface area (Å²) < 4.78 is 5.34. The highest BCUT2D eigenvalue weighted by Crippen LogP contribution is 2.21. The molecule has 1 N–H and O–H groups in total. The van der Waals surface area contributed by atoms with E-state index in [9.17, 15) is 9.59 Å². The number of nitrogens with zero attached hydrogens (tertiary/aromatic N) is 1. The topological polar surface area (TPSA) is 58.6 Å². The second-order valence-corrected chi connectivity index (χ2v) is 8.28. The van der Waals surface area contributed by atoms with Crippen LogP contribution < -0.4 is 10.1 Å². The second-order valence-electron chi connectivity index (χ2n) is 8.28. The molecule has 0 aliphatic heterocycles. The number of carbonyl (C=O) groups excluding carboxylic acids is 2. The maximum absolute atomic E-state index is 13.5. The Bertz CT molecular complexity index is 847. The number of hydrogen-bond acceptors (Lipinski definition) is 3. The fourth-order valence-corrected chi connectivity index (χ4v) is 4.27. The number of rotatable bonds is 9. The van der Waals surface area contributed by atoms with Crippen LogP contribution in [0.2, 0.25) is 0 Å². The van der Waals surface area contributed by atoms with Crippen LogP contribution in [0.3, 0.4) is 0 Å². The van der Waals surface area contributed by atoms with Crippen molar-refractivity contribution in [3.8, 4) is 5.75 Å². The van der Waals surface area contributed by atoms with Gasteiger partial charge in [-0.05, 0) is 36.1 Å². The van der Waals surface area contributed by atoms with Crippen molar-refractivity contribution in [1.82, 2.24) is 10.2 Å². The van der Waals surface area contributed by atoms with E-state index in [2.05, 4.69) is 5.32 Å². The molecule has 5 heteroatoms. The third kappa shape index (κ3) is 6.58. The van der Waals surface area contributed by atoms with Gasteiger partial charge in [-0.25, -0.2) is 0 Å². The molecule has 5 nitrogen and oxygen atoms in total. The lowest BCUT2D eigenvalue weighted by Gasteiger charge is -2.33. The summed E-state index contributed by atoms with van der Waals surface area (Å²) in [7, 11) is 1.63. The number of carbonyl (C=O) groups is 2. The number of hydrogen-bond donors (Lipinski definition) is 1. The number of nitrogens with one attached hydrogen (secondary N) is 1. The van der Waals surface area contributed by atoms with Gasteiger partial charge in [0.05, 0.1) is 7.11 Å². The number of amides is 2. The summed E-state index contributed by atoms with van der Waals surface area (Å²) in [5.74, 6) is 0.663. The average Bonchev–Trinajstić information content (AvgIpc) is 2.82. The minimum Gasteiger partial charge on any atom is -0.497 e. The molecule has 166 valence electrons. The first-order chi connectivity index (χ1) is 15.1. The fourth-order valence-electron chi connectivity index (χ4n) is 4.27. The van der Waals surface area contributed by atoms with E-state index < -0.39 is 6.04 Å². The highest BCUT2D eigenvalue weighted by atomic mass is 16.5. The van der Waals surface area contributed by atoms with Crippen LogP contribution >= 0.6 is 0 Å². The molecule has 1 fully saturated rings. The highest BCUT2D eigenvalue weighted by molar-refractivity contribution is 5.88. The lowest BCUT2D eigenvalue weighted by Crippen LogP contribution is -2.52. The first kappa shape index (κ1) is 22.9. The molecule has 2 amide bonds. The van der Waals surface area contributed by atoms with E-state index in [1.54, 1.807) is 12.0 Å². The summed E-state index contributed by atoms with van der Waals surface area (Å²) >= 11 is 0. The summed E-state index contributed by atoms with van der Waals surface area (Å²) in [5, 5.41) is 3.25. The van der Waals surface area contributed by atoms with Crippen molar-refractivity contribution in [2.45, 2.75) is 70.5 Å². The van der Waals surface area contributed by atoms with Crippen LogP contribution in [0.1, 0.15) is 56.6 Å². The maximum atomic E-state index is 13.5. The molecule has 0 unspecified atom stereocenters. The maximum Gasteiger partial charge on any atom is 0.243 e. The predicted molar refractivity (Wildman–Crippen MR) is 123 cm³/mol. The lowest BCUT2D eigenvalue weighted by molar-refractivity contribution is -0.141. The van der Waals surface area contributed by atoms with Gasteiger partial charge in [0, 0.05) is 25.4 Å². The molecule has 0 saturated heterocycles. The quantitative estimate of drug-likeness (QED) is 0.648. The van der Waals surface area contributed by atoms with Gasteiger partial charge in [0.25, 0.3) is 0 Å². The van der Waals surface area contributed by atoms with Crippen LogP contribution in [0.15, 0.2) is 54.6 Å².